The van der Waals surface area contributed by atoms with E-state index in [0.717, 1.165) is 11.3 Å². The number of thiocarbonyl (C=S) groups is 1. The Hall–Kier alpha value is -2.46. The first kappa shape index (κ1) is 24.8. The number of anilines is 1. The number of aromatic nitrogens is 2. The molecular formula is C21H30N4O4S2. The van der Waals surface area contributed by atoms with Crippen molar-refractivity contribution < 1.29 is 19.1 Å². The highest BCUT2D eigenvalue weighted by Crippen LogP contribution is 2.34. The molecule has 31 heavy (non-hydrogen) atoms. The molecule has 170 valence electrons. The van der Waals surface area contributed by atoms with Crippen molar-refractivity contribution in [1.29, 1.82) is 0 Å². The van der Waals surface area contributed by atoms with Gasteiger partial charge in [-0.3, -0.25) is 4.68 Å². The third-order valence-corrected chi connectivity index (χ3v) is 6.00. The van der Waals surface area contributed by atoms with E-state index in [1.807, 2.05) is 16.9 Å². The molecule has 8 nitrogen and oxygen atoms in total. The molecule has 0 amide bonds. The summed E-state index contributed by atoms with van der Waals surface area (Å²) in [7, 11) is 0. The van der Waals surface area contributed by atoms with E-state index in [1.165, 1.54) is 0 Å². The number of rotatable bonds is 8. The second-order valence-electron chi connectivity index (χ2n) is 7.95. The molecule has 0 aliphatic rings. The maximum atomic E-state index is 12.6. The number of hydrogen-bond acceptors (Lipinski definition) is 7. The van der Waals surface area contributed by atoms with Crippen LogP contribution in [-0.2, 0) is 16.0 Å². The molecule has 1 unspecified atom stereocenters. The smallest absolute Gasteiger partial charge is 0.348 e. The lowest BCUT2D eigenvalue weighted by atomic mass is 9.87. The lowest BCUT2D eigenvalue weighted by Gasteiger charge is -2.32. The third kappa shape index (κ3) is 6.51. The Kier molecular flexibility index (Phi) is 8.58. The van der Waals surface area contributed by atoms with Crippen LogP contribution in [0, 0.1) is 12.3 Å². The molecule has 0 aliphatic carbocycles. The van der Waals surface area contributed by atoms with Gasteiger partial charge in [0.15, 0.2) is 5.11 Å². The first-order chi connectivity index (χ1) is 14.6. The molecule has 0 bridgehead atoms. The van der Waals surface area contributed by atoms with Crippen LogP contribution in [0.5, 0.6) is 0 Å². The molecular weight excluding hydrogens is 436 g/mol. The van der Waals surface area contributed by atoms with E-state index in [9.17, 15) is 9.59 Å². The summed E-state index contributed by atoms with van der Waals surface area (Å²) in [4.78, 5) is 25.3. The monoisotopic (exact) mass is 466 g/mol. The number of ether oxygens (including phenoxy) is 2. The van der Waals surface area contributed by atoms with Gasteiger partial charge in [-0.25, -0.2) is 9.59 Å². The van der Waals surface area contributed by atoms with Crippen molar-refractivity contribution >= 4 is 45.6 Å². The molecule has 2 aromatic rings. The van der Waals surface area contributed by atoms with Gasteiger partial charge in [-0.2, -0.15) is 5.10 Å². The molecule has 0 aliphatic heterocycles. The van der Waals surface area contributed by atoms with Gasteiger partial charge < -0.3 is 20.1 Å². The molecule has 2 rings (SSSR count). The largest absolute Gasteiger partial charge is 0.462 e. The summed E-state index contributed by atoms with van der Waals surface area (Å²) in [6.07, 6.45) is 3.62. The van der Waals surface area contributed by atoms with Crippen molar-refractivity contribution in [2.75, 3.05) is 18.5 Å². The number of carbonyl (C=O) groups is 2. The van der Waals surface area contributed by atoms with Crippen LogP contribution in [0.25, 0.3) is 0 Å². The van der Waals surface area contributed by atoms with Crippen molar-refractivity contribution in [3.8, 4) is 0 Å². The maximum Gasteiger partial charge on any atom is 0.348 e. The predicted octanol–water partition coefficient (Wildman–Crippen LogP) is 4.01. The van der Waals surface area contributed by atoms with Crippen molar-refractivity contribution in [2.45, 2.75) is 54.1 Å². The fraction of sp³-hybridized carbons (Fsp3) is 0.524. The van der Waals surface area contributed by atoms with Crippen LogP contribution in [-0.4, -0.2) is 46.1 Å². The second-order valence-corrected chi connectivity index (χ2v) is 9.38. The summed E-state index contributed by atoms with van der Waals surface area (Å²) >= 11 is 6.67. The number of hydrogen-bond donors (Lipinski definition) is 2. The Labute approximate surface area is 192 Å². The summed E-state index contributed by atoms with van der Waals surface area (Å²) in [5.41, 5.74) is 0.679. The van der Waals surface area contributed by atoms with Gasteiger partial charge in [0.1, 0.15) is 9.88 Å². The summed E-state index contributed by atoms with van der Waals surface area (Å²) < 4.78 is 12.2. The van der Waals surface area contributed by atoms with E-state index in [4.69, 9.17) is 21.7 Å². The lowest BCUT2D eigenvalue weighted by Crippen LogP contribution is -2.48. The minimum atomic E-state index is -0.513. The summed E-state index contributed by atoms with van der Waals surface area (Å²) in [5, 5.41) is 11.5. The lowest BCUT2D eigenvalue weighted by molar-refractivity contribution is 0.0527. The molecule has 0 spiro atoms. The zero-order valence-corrected chi connectivity index (χ0v) is 20.4. The number of nitrogens with zero attached hydrogens (tertiary/aromatic N) is 2. The average molecular weight is 467 g/mol. The first-order valence-electron chi connectivity index (χ1n) is 10.1. The molecule has 2 N–H and O–H groups in total. The van der Waals surface area contributed by atoms with E-state index in [1.54, 1.807) is 27.0 Å². The van der Waals surface area contributed by atoms with Crippen LogP contribution in [0.2, 0.25) is 0 Å². The van der Waals surface area contributed by atoms with Crippen LogP contribution >= 0.6 is 23.6 Å². The predicted molar refractivity (Wildman–Crippen MR) is 126 cm³/mol. The van der Waals surface area contributed by atoms with Gasteiger partial charge in [0.2, 0.25) is 0 Å². The van der Waals surface area contributed by atoms with Gasteiger partial charge in [0.05, 0.1) is 31.4 Å². The average Bonchev–Trinajstić information content (AvgIpc) is 3.28. The highest BCUT2D eigenvalue weighted by atomic mass is 32.1. The minimum Gasteiger partial charge on any atom is -0.462 e. The quantitative estimate of drug-likeness (QED) is 0.445. The van der Waals surface area contributed by atoms with Gasteiger partial charge >= 0.3 is 11.9 Å². The number of thiophene rings is 1. The van der Waals surface area contributed by atoms with Gasteiger partial charge in [0.25, 0.3) is 0 Å². The fourth-order valence-corrected chi connectivity index (χ4v) is 4.27. The second kappa shape index (κ2) is 10.7. The summed E-state index contributed by atoms with van der Waals surface area (Å²) in [6, 6.07) is 1.83. The topological polar surface area (TPSA) is 94.5 Å². The fourth-order valence-electron chi connectivity index (χ4n) is 2.87. The normalized spacial score (nSPS) is 12.2. The van der Waals surface area contributed by atoms with Crippen molar-refractivity contribution in [3.63, 3.8) is 0 Å². The maximum absolute atomic E-state index is 12.6. The summed E-state index contributed by atoms with van der Waals surface area (Å²) in [6.45, 7) is 12.6. The van der Waals surface area contributed by atoms with Crippen molar-refractivity contribution in [2.24, 2.45) is 5.41 Å². The van der Waals surface area contributed by atoms with Gasteiger partial charge in [0, 0.05) is 12.4 Å². The molecule has 1 atom stereocenters. The van der Waals surface area contributed by atoms with Crippen molar-refractivity contribution in [1.82, 2.24) is 15.1 Å². The zero-order chi connectivity index (χ0) is 23.2. The Bertz CT molecular complexity index is 917. The molecule has 0 saturated carbocycles. The highest BCUT2D eigenvalue weighted by molar-refractivity contribution is 7.80. The molecule has 2 heterocycles. The molecule has 2 aromatic heterocycles. The molecule has 10 heteroatoms. The highest BCUT2D eigenvalue weighted by Gasteiger charge is 2.29. The standard InChI is InChI=1S/C21H30N4O4S2/c1-7-28-18(26)15-13(3)16(19(27)29-8-2)31-17(15)24-20(30)23-14(21(4,5)6)12-25-11-9-10-22-25/h9-11,14H,7-8,12H2,1-6H3,(H2,23,24,30). The molecule has 0 aromatic carbocycles. The first-order valence-corrected chi connectivity index (χ1v) is 11.3. The summed E-state index contributed by atoms with van der Waals surface area (Å²) in [5.74, 6) is -0.991. The van der Waals surface area contributed by atoms with Gasteiger partial charge in [-0.05, 0) is 50.0 Å². The van der Waals surface area contributed by atoms with E-state index in [-0.39, 0.29) is 24.7 Å². The van der Waals surface area contributed by atoms with Gasteiger partial charge in [-0.1, -0.05) is 20.8 Å². The van der Waals surface area contributed by atoms with Crippen LogP contribution in [0.4, 0.5) is 5.00 Å². The van der Waals surface area contributed by atoms with Crippen molar-refractivity contribution in [3.05, 3.63) is 34.5 Å². The van der Waals surface area contributed by atoms with E-state index in [2.05, 4.69) is 36.5 Å². The number of esters is 2. The van der Waals surface area contributed by atoms with Crippen LogP contribution in [0.15, 0.2) is 18.5 Å². The van der Waals surface area contributed by atoms with Crippen LogP contribution < -0.4 is 10.6 Å². The third-order valence-electron chi connectivity index (χ3n) is 4.59. The zero-order valence-electron chi connectivity index (χ0n) is 18.8. The number of carbonyl (C=O) groups excluding carboxylic acids is 2. The van der Waals surface area contributed by atoms with E-state index >= 15 is 0 Å². The molecule has 0 fully saturated rings. The Morgan fingerprint density at radius 1 is 1.23 bits per heavy atom. The molecule has 0 saturated heterocycles. The van der Waals surface area contributed by atoms with Gasteiger partial charge in [-0.15, -0.1) is 11.3 Å². The van der Waals surface area contributed by atoms with E-state index in [0.29, 0.717) is 32.7 Å². The van der Waals surface area contributed by atoms with E-state index < -0.39 is 11.9 Å². The number of nitrogens with one attached hydrogen (secondary N) is 2. The van der Waals surface area contributed by atoms with Crippen LogP contribution in [0.3, 0.4) is 0 Å². The Morgan fingerprint density at radius 2 is 1.87 bits per heavy atom. The Balaban J connectivity index is 2.28. The SMILES string of the molecule is CCOC(=O)c1sc(NC(=S)NC(Cn2cccn2)C(C)(C)C)c(C(=O)OCC)c1C. The van der Waals surface area contributed by atoms with Crippen LogP contribution in [0.1, 0.15) is 60.2 Å². The Morgan fingerprint density at radius 3 is 2.42 bits per heavy atom. The molecule has 0 radical (unpaired) electrons. The minimum absolute atomic E-state index is 0.0379.